The summed E-state index contributed by atoms with van der Waals surface area (Å²) in [6, 6.07) is 13.3. The second kappa shape index (κ2) is 10.1. The van der Waals surface area contributed by atoms with Crippen LogP contribution in [-0.2, 0) is 0 Å². The minimum absolute atomic E-state index is 0.114. The van der Waals surface area contributed by atoms with Crippen LogP contribution in [0.2, 0.25) is 5.02 Å². The lowest BCUT2D eigenvalue weighted by molar-refractivity contribution is 0.0663. The molecule has 0 aromatic heterocycles. The monoisotopic (exact) mass is 416 g/mol. The number of aliphatic hydroxyl groups is 1. The number of piperazine rings is 1. The highest BCUT2D eigenvalue weighted by atomic mass is 35.5. The highest BCUT2D eigenvalue weighted by Crippen LogP contribution is 2.24. The van der Waals surface area contributed by atoms with Crippen molar-refractivity contribution in [1.29, 1.82) is 0 Å². The Balaban J connectivity index is 1.42. The zero-order valence-corrected chi connectivity index (χ0v) is 17.9. The van der Waals surface area contributed by atoms with E-state index in [0.29, 0.717) is 24.3 Å². The maximum Gasteiger partial charge on any atom is 0.162 e. The average molecular weight is 417 g/mol. The van der Waals surface area contributed by atoms with Gasteiger partial charge in [0.25, 0.3) is 0 Å². The van der Waals surface area contributed by atoms with Crippen molar-refractivity contribution in [3.05, 3.63) is 58.6 Å². The van der Waals surface area contributed by atoms with E-state index in [1.54, 1.807) is 24.3 Å². The van der Waals surface area contributed by atoms with Crippen LogP contribution in [0, 0.1) is 6.92 Å². The largest absolute Gasteiger partial charge is 0.491 e. The van der Waals surface area contributed by atoms with Crippen molar-refractivity contribution in [2.24, 2.45) is 0 Å². The van der Waals surface area contributed by atoms with Gasteiger partial charge in [0, 0.05) is 55.4 Å². The number of nitrogens with zero attached hydrogens (tertiary/aromatic N) is 2. The fourth-order valence-corrected chi connectivity index (χ4v) is 3.63. The molecule has 1 N–H and O–H groups in total. The van der Waals surface area contributed by atoms with E-state index in [1.165, 1.54) is 0 Å². The molecule has 1 atom stereocenters. The third kappa shape index (κ3) is 5.95. The molecule has 29 heavy (non-hydrogen) atoms. The summed E-state index contributed by atoms with van der Waals surface area (Å²) in [6.07, 6.45) is -0.0734. The highest BCUT2D eigenvalue weighted by Gasteiger charge is 2.20. The van der Waals surface area contributed by atoms with E-state index in [9.17, 15) is 9.90 Å². The third-order valence-electron chi connectivity index (χ3n) is 5.30. The molecular weight excluding hydrogens is 388 g/mol. The Morgan fingerprint density at radius 1 is 1.14 bits per heavy atom. The molecule has 1 aliphatic heterocycles. The number of hydrogen-bond donors (Lipinski definition) is 1. The van der Waals surface area contributed by atoms with Crippen molar-refractivity contribution in [2.75, 3.05) is 44.2 Å². The topological polar surface area (TPSA) is 53.0 Å². The number of carbonyl (C=O) groups excluding carboxylic acids is 1. The molecule has 156 valence electrons. The summed E-state index contributed by atoms with van der Waals surface area (Å²) in [5, 5.41) is 11.1. The number of anilines is 1. The van der Waals surface area contributed by atoms with E-state index >= 15 is 0 Å². The quantitative estimate of drug-likeness (QED) is 0.663. The fraction of sp³-hybridized carbons (Fsp3) is 0.435. The number of benzene rings is 2. The summed E-state index contributed by atoms with van der Waals surface area (Å²) in [6.45, 7) is 8.24. The minimum atomic E-state index is -0.563. The average Bonchev–Trinajstić information content (AvgIpc) is 2.74. The van der Waals surface area contributed by atoms with Crippen LogP contribution >= 0.6 is 11.6 Å². The van der Waals surface area contributed by atoms with Crippen LogP contribution < -0.4 is 9.64 Å². The Kier molecular flexibility index (Phi) is 7.53. The van der Waals surface area contributed by atoms with Crippen LogP contribution in [0.15, 0.2) is 42.5 Å². The van der Waals surface area contributed by atoms with Gasteiger partial charge in [0.1, 0.15) is 18.5 Å². The molecule has 1 heterocycles. The van der Waals surface area contributed by atoms with Gasteiger partial charge in [-0.2, -0.15) is 0 Å². The molecule has 5 nitrogen and oxygen atoms in total. The second-order valence-electron chi connectivity index (χ2n) is 7.49. The molecule has 0 amide bonds. The van der Waals surface area contributed by atoms with E-state index in [-0.39, 0.29) is 12.4 Å². The third-order valence-corrected chi connectivity index (χ3v) is 5.71. The number of β-amino-alcohol motifs (C(OH)–C–C–N with tert-alkyl or cyclic N) is 1. The normalized spacial score (nSPS) is 15.9. The second-order valence-corrected chi connectivity index (χ2v) is 7.89. The maximum absolute atomic E-state index is 11.7. The number of ether oxygens (including phenoxy) is 1. The zero-order valence-electron chi connectivity index (χ0n) is 17.1. The molecule has 1 fully saturated rings. The molecule has 0 spiro atoms. The van der Waals surface area contributed by atoms with Gasteiger partial charge < -0.3 is 14.7 Å². The number of carbonyl (C=O) groups is 1. The van der Waals surface area contributed by atoms with Crippen LogP contribution in [0.4, 0.5) is 5.69 Å². The first-order valence-corrected chi connectivity index (χ1v) is 10.5. The van der Waals surface area contributed by atoms with Crippen LogP contribution in [0.1, 0.15) is 29.3 Å². The van der Waals surface area contributed by atoms with Gasteiger partial charge in [-0.15, -0.1) is 0 Å². The molecule has 0 saturated carbocycles. The number of halogens is 1. The number of rotatable bonds is 8. The number of aryl methyl sites for hydroxylation is 1. The molecule has 1 saturated heterocycles. The Hall–Kier alpha value is -2.08. The van der Waals surface area contributed by atoms with E-state index in [4.69, 9.17) is 16.3 Å². The van der Waals surface area contributed by atoms with E-state index < -0.39 is 6.10 Å². The van der Waals surface area contributed by atoms with Gasteiger partial charge >= 0.3 is 0 Å². The predicted octanol–water partition coefficient (Wildman–Crippen LogP) is 3.80. The SMILES string of the molecule is CCC(=O)c1ccc(OC[C@H](O)CN2CCN(c3ccc(C)c(Cl)c3)CC2)cc1. The Morgan fingerprint density at radius 2 is 1.83 bits per heavy atom. The molecule has 2 aromatic carbocycles. The van der Waals surface area contributed by atoms with Crippen LogP contribution in [0.25, 0.3) is 0 Å². The van der Waals surface area contributed by atoms with Crippen molar-refractivity contribution < 1.29 is 14.6 Å². The standard InChI is InChI=1S/C23H29ClN2O3/c1-3-23(28)18-5-8-21(9-6-18)29-16-20(27)15-25-10-12-26(13-11-25)19-7-4-17(2)22(24)14-19/h4-9,14,20,27H,3,10-13,15-16H2,1-2H3/t20-/m1/s1. The molecule has 0 unspecified atom stereocenters. The van der Waals surface area contributed by atoms with E-state index in [2.05, 4.69) is 21.9 Å². The Morgan fingerprint density at radius 3 is 2.45 bits per heavy atom. The van der Waals surface area contributed by atoms with Crippen LogP contribution in [0.3, 0.4) is 0 Å². The molecule has 6 heteroatoms. The first-order valence-electron chi connectivity index (χ1n) is 10.1. The van der Waals surface area contributed by atoms with Gasteiger partial charge in [-0.25, -0.2) is 0 Å². The molecule has 0 radical (unpaired) electrons. The predicted molar refractivity (Wildman–Crippen MR) is 117 cm³/mol. The maximum atomic E-state index is 11.7. The first-order chi connectivity index (χ1) is 14.0. The highest BCUT2D eigenvalue weighted by molar-refractivity contribution is 6.31. The van der Waals surface area contributed by atoms with Crippen molar-refractivity contribution in [3.8, 4) is 5.75 Å². The van der Waals surface area contributed by atoms with Gasteiger partial charge in [-0.05, 0) is 48.9 Å². The Bertz CT molecular complexity index is 817. The van der Waals surface area contributed by atoms with E-state index in [0.717, 1.165) is 42.5 Å². The van der Waals surface area contributed by atoms with Gasteiger partial charge in [-0.1, -0.05) is 24.6 Å². The van der Waals surface area contributed by atoms with Crippen molar-refractivity contribution in [3.63, 3.8) is 0 Å². The van der Waals surface area contributed by atoms with Crippen molar-refractivity contribution in [1.82, 2.24) is 4.90 Å². The summed E-state index contributed by atoms with van der Waals surface area (Å²) in [4.78, 5) is 16.2. The molecule has 3 rings (SSSR count). The molecule has 0 bridgehead atoms. The zero-order chi connectivity index (χ0) is 20.8. The smallest absolute Gasteiger partial charge is 0.162 e. The van der Waals surface area contributed by atoms with Gasteiger partial charge in [0.2, 0.25) is 0 Å². The molecule has 0 aliphatic carbocycles. The van der Waals surface area contributed by atoms with E-state index in [1.807, 2.05) is 19.9 Å². The van der Waals surface area contributed by atoms with Crippen LogP contribution in [-0.4, -0.2) is 61.2 Å². The summed E-state index contributed by atoms with van der Waals surface area (Å²) >= 11 is 6.25. The lowest BCUT2D eigenvalue weighted by atomic mass is 10.1. The first kappa shape index (κ1) is 21.6. The fourth-order valence-electron chi connectivity index (χ4n) is 3.45. The van der Waals surface area contributed by atoms with Crippen molar-refractivity contribution in [2.45, 2.75) is 26.4 Å². The van der Waals surface area contributed by atoms with Gasteiger partial charge in [0.15, 0.2) is 5.78 Å². The number of Topliss-reactive ketones (excluding diaryl/α,β-unsaturated/α-hetero) is 1. The van der Waals surface area contributed by atoms with Gasteiger partial charge in [0.05, 0.1) is 0 Å². The number of ketones is 1. The van der Waals surface area contributed by atoms with Gasteiger partial charge in [-0.3, -0.25) is 9.69 Å². The lowest BCUT2D eigenvalue weighted by Gasteiger charge is -2.37. The molecular formula is C23H29ClN2O3. The van der Waals surface area contributed by atoms with Crippen LogP contribution in [0.5, 0.6) is 5.75 Å². The number of hydrogen-bond acceptors (Lipinski definition) is 5. The molecule has 2 aromatic rings. The number of aliphatic hydroxyl groups excluding tert-OH is 1. The molecule has 1 aliphatic rings. The summed E-state index contributed by atoms with van der Waals surface area (Å²) in [7, 11) is 0. The van der Waals surface area contributed by atoms with Crippen molar-refractivity contribution >= 4 is 23.1 Å². The lowest BCUT2D eigenvalue weighted by Crippen LogP contribution is -2.49. The summed E-state index contributed by atoms with van der Waals surface area (Å²) in [5.74, 6) is 0.779. The summed E-state index contributed by atoms with van der Waals surface area (Å²) < 4.78 is 5.68. The Labute approximate surface area is 177 Å². The summed E-state index contributed by atoms with van der Waals surface area (Å²) in [5.41, 5.74) is 2.92. The minimum Gasteiger partial charge on any atom is -0.491 e.